The summed E-state index contributed by atoms with van der Waals surface area (Å²) in [5, 5.41) is 1.39. The van der Waals surface area contributed by atoms with Gasteiger partial charge in [-0.2, -0.15) is 0 Å². The molecule has 0 spiro atoms. The lowest BCUT2D eigenvalue weighted by Crippen LogP contribution is -2.12. The average Bonchev–Trinajstić information content (AvgIpc) is 3.09. The first-order chi connectivity index (χ1) is 13.9. The zero-order valence-corrected chi connectivity index (χ0v) is 19.7. The van der Waals surface area contributed by atoms with Gasteiger partial charge in [-0.25, -0.2) is 9.97 Å². The second-order valence-corrected chi connectivity index (χ2v) is 9.67. The monoisotopic (exact) mass is 421 g/mol. The SMILES string of the molecule is CCOC(CCCCCCCCCCCC(C)(C)C)n1ccc2c(Cl)ncnc21. The molecule has 0 saturated heterocycles. The molecule has 0 aromatic carbocycles. The molecule has 2 aromatic heterocycles. The van der Waals surface area contributed by atoms with E-state index in [-0.39, 0.29) is 6.23 Å². The number of fused-ring (bicyclic) bond motifs is 1. The third-order valence-corrected chi connectivity index (χ3v) is 5.81. The van der Waals surface area contributed by atoms with Gasteiger partial charge in [0.25, 0.3) is 0 Å². The van der Waals surface area contributed by atoms with E-state index >= 15 is 0 Å². The van der Waals surface area contributed by atoms with E-state index in [2.05, 4.69) is 35.3 Å². The number of hydrogen-bond acceptors (Lipinski definition) is 3. The van der Waals surface area contributed by atoms with Crippen LogP contribution in [0.2, 0.25) is 5.15 Å². The van der Waals surface area contributed by atoms with Crippen molar-refractivity contribution in [3.8, 4) is 0 Å². The Morgan fingerprint density at radius 1 is 0.966 bits per heavy atom. The van der Waals surface area contributed by atoms with E-state index in [4.69, 9.17) is 16.3 Å². The van der Waals surface area contributed by atoms with Gasteiger partial charge < -0.3 is 9.30 Å². The third kappa shape index (κ3) is 8.64. The zero-order chi connectivity index (χ0) is 21.1. The van der Waals surface area contributed by atoms with Crippen LogP contribution in [-0.4, -0.2) is 21.1 Å². The highest BCUT2D eigenvalue weighted by Crippen LogP contribution is 2.27. The number of nitrogens with zero attached hydrogens (tertiary/aromatic N) is 3. The van der Waals surface area contributed by atoms with Crippen molar-refractivity contribution >= 4 is 22.6 Å². The molecule has 1 unspecified atom stereocenters. The van der Waals surface area contributed by atoms with Gasteiger partial charge in [0.2, 0.25) is 0 Å². The molecule has 2 heterocycles. The Hall–Kier alpha value is -1.13. The molecule has 2 rings (SSSR count). The van der Waals surface area contributed by atoms with Crippen molar-refractivity contribution in [2.75, 3.05) is 6.61 Å². The largest absolute Gasteiger partial charge is 0.358 e. The number of hydrogen-bond donors (Lipinski definition) is 0. The summed E-state index contributed by atoms with van der Waals surface area (Å²) in [6.07, 6.45) is 18.0. The van der Waals surface area contributed by atoms with E-state index in [1.807, 2.05) is 19.2 Å². The van der Waals surface area contributed by atoms with Crippen molar-refractivity contribution in [2.45, 2.75) is 105 Å². The minimum Gasteiger partial charge on any atom is -0.358 e. The van der Waals surface area contributed by atoms with Crippen molar-refractivity contribution in [1.82, 2.24) is 14.5 Å². The molecule has 164 valence electrons. The summed E-state index contributed by atoms with van der Waals surface area (Å²) < 4.78 is 8.10. The topological polar surface area (TPSA) is 39.9 Å². The van der Waals surface area contributed by atoms with Gasteiger partial charge in [-0.1, -0.05) is 83.7 Å². The van der Waals surface area contributed by atoms with Gasteiger partial charge in [-0.15, -0.1) is 0 Å². The van der Waals surface area contributed by atoms with Crippen LogP contribution in [0.4, 0.5) is 0 Å². The number of aromatic nitrogens is 3. The highest BCUT2D eigenvalue weighted by Gasteiger charge is 2.15. The normalized spacial score (nSPS) is 13.3. The maximum absolute atomic E-state index is 6.18. The quantitative estimate of drug-likeness (QED) is 0.229. The maximum Gasteiger partial charge on any atom is 0.146 e. The fourth-order valence-corrected chi connectivity index (χ4v) is 4.07. The Bertz CT molecular complexity index is 708. The Morgan fingerprint density at radius 3 is 2.21 bits per heavy atom. The van der Waals surface area contributed by atoms with E-state index in [1.165, 1.54) is 70.5 Å². The molecule has 2 aromatic rings. The number of unbranched alkanes of at least 4 members (excludes halogenated alkanes) is 8. The van der Waals surface area contributed by atoms with Crippen LogP contribution >= 0.6 is 11.6 Å². The van der Waals surface area contributed by atoms with Crippen molar-refractivity contribution < 1.29 is 4.74 Å². The van der Waals surface area contributed by atoms with Crippen LogP contribution in [0.1, 0.15) is 105 Å². The minimum absolute atomic E-state index is 0.0197. The first kappa shape index (κ1) is 24.1. The molecule has 5 heteroatoms. The van der Waals surface area contributed by atoms with Gasteiger partial charge in [-0.3, -0.25) is 0 Å². The molecule has 1 atom stereocenters. The van der Waals surface area contributed by atoms with Crippen LogP contribution in [0.25, 0.3) is 11.0 Å². The van der Waals surface area contributed by atoms with E-state index in [0.717, 1.165) is 17.5 Å². The van der Waals surface area contributed by atoms with Crippen LogP contribution in [-0.2, 0) is 4.74 Å². The van der Waals surface area contributed by atoms with Crippen LogP contribution in [0.5, 0.6) is 0 Å². The Balaban J connectivity index is 1.62. The fourth-order valence-electron chi connectivity index (χ4n) is 3.88. The number of ether oxygens (including phenoxy) is 1. The van der Waals surface area contributed by atoms with Crippen LogP contribution in [0.15, 0.2) is 18.6 Å². The molecule has 0 aliphatic heterocycles. The number of rotatable bonds is 14. The molecule has 0 radical (unpaired) electrons. The summed E-state index contributed by atoms with van der Waals surface area (Å²) in [5.74, 6) is 0. The summed E-state index contributed by atoms with van der Waals surface area (Å²) in [4.78, 5) is 8.47. The lowest BCUT2D eigenvalue weighted by Gasteiger charge is -2.19. The Kier molecular flexibility index (Phi) is 10.4. The van der Waals surface area contributed by atoms with E-state index in [9.17, 15) is 0 Å². The minimum atomic E-state index is 0.0197. The van der Waals surface area contributed by atoms with E-state index < -0.39 is 0 Å². The molecule has 0 fully saturated rings. The maximum atomic E-state index is 6.18. The lowest BCUT2D eigenvalue weighted by molar-refractivity contribution is 0.00517. The fraction of sp³-hybridized carbons (Fsp3) is 0.750. The standard InChI is InChI=1S/C24H40ClN3O/c1-5-29-21(28-18-16-20-22(25)26-19-27-23(20)28)15-13-11-9-7-6-8-10-12-14-17-24(2,3)4/h16,18-19,21H,5-15,17H2,1-4H3. The predicted octanol–water partition coefficient (Wildman–Crippen LogP) is 7.96. The molecule has 0 amide bonds. The molecule has 0 aliphatic carbocycles. The van der Waals surface area contributed by atoms with Gasteiger partial charge in [0.05, 0.1) is 5.39 Å². The molecule has 4 nitrogen and oxygen atoms in total. The van der Waals surface area contributed by atoms with Crippen LogP contribution in [0.3, 0.4) is 0 Å². The van der Waals surface area contributed by atoms with Crippen molar-refractivity contribution in [1.29, 1.82) is 0 Å². The van der Waals surface area contributed by atoms with Gasteiger partial charge in [-0.05, 0) is 37.7 Å². The number of halogens is 1. The van der Waals surface area contributed by atoms with E-state index in [0.29, 0.717) is 17.2 Å². The molecule has 29 heavy (non-hydrogen) atoms. The highest BCUT2D eigenvalue weighted by atomic mass is 35.5. The predicted molar refractivity (Wildman–Crippen MR) is 123 cm³/mol. The molecule has 0 N–H and O–H groups in total. The second-order valence-electron chi connectivity index (χ2n) is 9.32. The second kappa shape index (κ2) is 12.5. The smallest absolute Gasteiger partial charge is 0.146 e. The Labute approximate surface area is 182 Å². The molecule has 0 bridgehead atoms. The summed E-state index contributed by atoms with van der Waals surface area (Å²) >= 11 is 6.18. The van der Waals surface area contributed by atoms with Gasteiger partial charge in [0, 0.05) is 12.8 Å². The van der Waals surface area contributed by atoms with Crippen LogP contribution < -0.4 is 0 Å². The molecular formula is C24H40ClN3O. The van der Waals surface area contributed by atoms with Crippen molar-refractivity contribution in [2.24, 2.45) is 5.41 Å². The molecule has 0 saturated carbocycles. The molecular weight excluding hydrogens is 382 g/mol. The molecule has 0 aliphatic rings. The zero-order valence-electron chi connectivity index (χ0n) is 18.9. The summed E-state index contributed by atoms with van der Waals surface area (Å²) in [7, 11) is 0. The first-order valence-corrected chi connectivity index (χ1v) is 11.9. The average molecular weight is 422 g/mol. The summed E-state index contributed by atoms with van der Waals surface area (Å²) in [5.41, 5.74) is 1.35. The van der Waals surface area contributed by atoms with Crippen molar-refractivity contribution in [3.63, 3.8) is 0 Å². The summed E-state index contributed by atoms with van der Waals surface area (Å²) in [6, 6.07) is 1.98. The van der Waals surface area contributed by atoms with Gasteiger partial charge >= 0.3 is 0 Å². The first-order valence-electron chi connectivity index (χ1n) is 11.5. The van der Waals surface area contributed by atoms with Crippen molar-refractivity contribution in [3.05, 3.63) is 23.7 Å². The van der Waals surface area contributed by atoms with E-state index in [1.54, 1.807) is 0 Å². The lowest BCUT2D eigenvalue weighted by atomic mass is 9.89. The van der Waals surface area contributed by atoms with Gasteiger partial charge in [0.1, 0.15) is 23.4 Å². The Morgan fingerprint density at radius 2 is 1.59 bits per heavy atom. The highest BCUT2D eigenvalue weighted by molar-refractivity contribution is 6.33. The third-order valence-electron chi connectivity index (χ3n) is 5.51. The summed E-state index contributed by atoms with van der Waals surface area (Å²) in [6.45, 7) is 9.75. The van der Waals surface area contributed by atoms with Gasteiger partial charge in [0.15, 0.2) is 0 Å². The van der Waals surface area contributed by atoms with Crippen LogP contribution in [0, 0.1) is 5.41 Å².